The molecule has 2 aromatic carbocycles. The highest BCUT2D eigenvalue weighted by atomic mass is 32.2. The van der Waals surface area contributed by atoms with Gasteiger partial charge in [0.2, 0.25) is 21.7 Å². The molecule has 0 fully saturated rings. The zero-order chi connectivity index (χ0) is 19.4. The van der Waals surface area contributed by atoms with E-state index in [4.69, 9.17) is 9.26 Å². The molecule has 0 atom stereocenters. The summed E-state index contributed by atoms with van der Waals surface area (Å²) < 4.78 is 51.5. The molecule has 0 amide bonds. The second-order valence-corrected chi connectivity index (χ2v) is 7.53. The topological polar surface area (TPSA) is 94.3 Å². The van der Waals surface area contributed by atoms with Crippen molar-refractivity contribution in [3.8, 4) is 17.1 Å². The number of hydrogen-bond donors (Lipinski definition) is 1. The van der Waals surface area contributed by atoms with Crippen molar-refractivity contribution in [1.29, 1.82) is 0 Å². The number of methoxy groups -OCH3 is 1. The summed E-state index contributed by atoms with van der Waals surface area (Å²) in [5.74, 6) is 0.114. The van der Waals surface area contributed by atoms with Gasteiger partial charge in [0.25, 0.3) is 0 Å². The fourth-order valence-electron chi connectivity index (χ4n) is 2.47. The zero-order valence-corrected chi connectivity index (χ0v) is 15.6. The number of nitrogens with zero attached hydrogens (tertiary/aromatic N) is 2. The van der Waals surface area contributed by atoms with Crippen LogP contribution in [0, 0.1) is 12.7 Å². The lowest BCUT2D eigenvalue weighted by atomic mass is 10.2. The van der Waals surface area contributed by atoms with Gasteiger partial charge >= 0.3 is 0 Å². The summed E-state index contributed by atoms with van der Waals surface area (Å²) >= 11 is 0. The van der Waals surface area contributed by atoms with E-state index in [0.29, 0.717) is 0 Å². The van der Waals surface area contributed by atoms with E-state index in [-0.39, 0.29) is 40.9 Å². The number of aryl methyl sites for hydroxylation is 1. The zero-order valence-electron chi connectivity index (χ0n) is 14.8. The van der Waals surface area contributed by atoms with Gasteiger partial charge in [-0.15, -0.1) is 0 Å². The van der Waals surface area contributed by atoms with Gasteiger partial charge in [0.1, 0.15) is 16.5 Å². The Balaban J connectivity index is 1.68. The molecule has 3 rings (SSSR count). The van der Waals surface area contributed by atoms with E-state index in [9.17, 15) is 12.8 Å². The van der Waals surface area contributed by atoms with Crippen LogP contribution < -0.4 is 9.46 Å². The van der Waals surface area contributed by atoms with E-state index in [2.05, 4.69) is 14.9 Å². The largest absolute Gasteiger partial charge is 0.495 e. The van der Waals surface area contributed by atoms with E-state index in [1.807, 2.05) is 0 Å². The summed E-state index contributed by atoms with van der Waals surface area (Å²) in [5, 5.41) is 3.74. The van der Waals surface area contributed by atoms with Crippen molar-refractivity contribution in [2.24, 2.45) is 0 Å². The van der Waals surface area contributed by atoms with Gasteiger partial charge in [-0.05, 0) is 36.8 Å². The minimum atomic E-state index is -3.77. The van der Waals surface area contributed by atoms with Crippen molar-refractivity contribution in [3.63, 3.8) is 0 Å². The van der Waals surface area contributed by atoms with Crippen molar-refractivity contribution in [1.82, 2.24) is 14.9 Å². The lowest BCUT2D eigenvalue weighted by Gasteiger charge is -2.10. The summed E-state index contributed by atoms with van der Waals surface area (Å²) in [7, 11) is -2.36. The van der Waals surface area contributed by atoms with Crippen molar-refractivity contribution in [2.45, 2.75) is 18.2 Å². The van der Waals surface area contributed by atoms with E-state index >= 15 is 0 Å². The first kappa shape index (κ1) is 19.0. The Morgan fingerprint density at radius 1 is 1.22 bits per heavy atom. The third-order valence-corrected chi connectivity index (χ3v) is 5.30. The van der Waals surface area contributed by atoms with Crippen LogP contribution in [0.4, 0.5) is 4.39 Å². The second kappa shape index (κ2) is 7.85. The van der Waals surface area contributed by atoms with Crippen molar-refractivity contribution < 1.29 is 22.1 Å². The number of ether oxygens (including phenoxy) is 1. The first-order valence-electron chi connectivity index (χ1n) is 8.12. The summed E-state index contributed by atoms with van der Waals surface area (Å²) in [4.78, 5) is 4.16. The maximum atomic E-state index is 13.8. The number of sulfonamides is 1. The number of nitrogens with one attached hydrogen (secondary N) is 1. The normalized spacial score (nSPS) is 11.5. The molecule has 1 heterocycles. The number of hydrogen-bond acceptors (Lipinski definition) is 6. The third kappa shape index (κ3) is 4.32. The molecule has 0 spiro atoms. The Morgan fingerprint density at radius 2 is 2.00 bits per heavy atom. The van der Waals surface area contributed by atoms with Crippen molar-refractivity contribution in [3.05, 3.63) is 59.7 Å². The Labute approximate surface area is 156 Å². The second-order valence-electron chi connectivity index (χ2n) is 5.79. The van der Waals surface area contributed by atoms with Crippen LogP contribution in [-0.2, 0) is 16.4 Å². The highest BCUT2D eigenvalue weighted by Crippen LogP contribution is 2.24. The molecule has 0 radical (unpaired) electrons. The van der Waals surface area contributed by atoms with Crippen molar-refractivity contribution in [2.75, 3.05) is 13.7 Å². The Hall–Kier alpha value is -2.78. The summed E-state index contributed by atoms with van der Waals surface area (Å²) in [5.41, 5.74) is 1.01. The van der Waals surface area contributed by atoms with Gasteiger partial charge in [-0.1, -0.05) is 23.4 Å². The highest BCUT2D eigenvalue weighted by molar-refractivity contribution is 7.89. The van der Waals surface area contributed by atoms with E-state index in [0.717, 1.165) is 5.56 Å². The van der Waals surface area contributed by atoms with Crippen LogP contribution >= 0.6 is 0 Å². The fraction of sp³-hybridized carbons (Fsp3) is 0.222. The molecule has 0 aliphatic rings. The van der Waals surface area contributed by atoms with Crippen LogP contribution in [0.2, 0.25) is 0 Å². The molecule has 0 unspecified atom stereocenters. The minimum absolute atomic E-state index is 0.0400. The lowest BCUT2D eigenvalue weighted by Crippen LogP contribution is -2.26. The molecule has 0 saturated carbocycles. The summed E-state index contributed by atoms with van der Waals surface area (Å²) in [6.07, 6.45) is 0.162. The molecular weight excluding hydrogens is 373 g/mol. The Bertz CT molecular complexity index is 1050. The molecule has 9 heteroatoms. The first-order valence-corrected chi connectivity index (χ1v) is 9.61. The molecule has 7 nitrogen and oxygen atoms in total. The van der Waals surface area contributed by atoms with Gasteiger partial charge in [-0.25, -0.2) is 17.5 Å². The SMILES string of the molecule is COc1ccc(C)cc1S(=O)(=O)NCCc1nc(-c2ccccc2F)no1. The molecule has 0 bridgehead atoms. The standard InChI is InChI=1S/C18H18FN3O4S/c1-12-7-8-15(25-2)16(11-12)27(23,24)20-10-9-17-21-18(22-26-17)13-5-3-4-6-14(13)19/h3-8,11,20H,9-10H2,1-2H3. The monoisotopic (exact) mass is 391 g/mol. The predicted octanol–water partition coefficient (Wildman–Crippen LogP) is 2.71. The molecule has 142 valence electrons. The average Bonchev–Trinajstić information content (AvgIpc) is 3.10. The summed E-state index contributed by atoms with van der Waals surface area (Å²) in [6, 6.07) is 11.0. The van der Waals surface area contributed by atoms with E-state index in [1.165, 1.54) is 25.3 Å². The van der Waals surface area contributed by atoms with Crippen LogP contribution in [0.25, 0.3) is 11.4 Å². The van der Waals surface area contributed by atoms with Crippen LogP contribution in [-0.4, -0.2) is 32.2 Å². The van der Waals surface area contributed by atoms with Crippen LogP contribution in [0.3, 0.4) is 0 Å². The molecule has 1 N–H and O–H groups in total. The first-order chi connectivity index (χ1) is 12.9. The van der Waals surface area contributed by atoms with Crippen LogP contribution in [0.5, 0.6) is 5.75 Å². The molecule has 27 heavy (non-hydrogen) atoms. The average molecular weight is 391 g/mol. The quantitative estimate of drug-likeness (QED) is 0.666. The number of rotatable bonds is 7. The highest BCUT2D eigenvalue weighted by Gasteiger charge is 2.20. The van der Waals surface area contributed by atoms with Gasteiger partial charge in [0.05, 0.1) is 12.7 Å². The molecule has 3 aromatic rings. The predicted molar refractivity (Wildman–Crippen MR) is 96.3 cm³/mol. The maximum absolute atomic E-state index is 13.8. The van der Waals surface area contributed by atoms with Gasteiger partial charge in [0, 0.05) is 13.0 Å². The molecular formula is C18H18FN3O4S. The Kier molecular flexibility index (Phi) is 5.52. The third-order valence-electron chi connectivity index (χ3n) is 3.82. The minimum Gasteiger partial charge on any atom is -0.495 e. The molecule has 0 aliphatic heterocycles. The number of aromatic nitrogens is 2. The maximum Gasteiger partial charge on any atom is 0.244 e. The molecule has 0 aliphatic carbocycles. The lowest BCUT2D eigenvalue weighted by molar-refractivity contribution is 0.378. The molecule has 1 aromatic heterocycles. The van der Waals surface area contributed by atoms with E-state index in [1.54, 1.807) is 31.2 Å². The smallest absolute Gasteiger partial charge is 0.244 e. The Morgan fingerprint density at radius 3 is 2.74 bits per heavy atom. The summed E-state index contributed by atoms with van der Waals surface area (Å²) in [6.45, 7) is 1.83. The van der Waals surface area contributed by atoms with Gasteiger partial charge in [0.15, 0.2) is 0 Å². The van der Waals surface area contributed by atoms with Gasteiger partial charge in [-0.2, -0.15) is 4.98 Å². The van der Waals surface area contributed by atoms with Crippen LogP contribution in [0.15, 0.2) is 51.9 Å². The van der Waals surface area contributed by atoms with Gasteiger partial charge < -0.3 is 9.26 Å². The van der Waals surface area contributed by atoms with E-state index < -0.39 is 15.8 Å². The molecule has 0 saturated heterocycles. The number of benzene rings is 2. The van der Waals surface area contributed by atoms with Gasteiger partial charge in [-0.3, -0.25) is 0 Å². The number of halogens is 1. The fourth-order valence-corrected chi connectivity index (χ4v) is 3.76. The van der Waals surface area contributed by atoms with Crippen molar-refractivity contribution >= 4 is 10.0 Å². The van der Waals surface area contributed by atoms with Crippen LogP contribution in [0.1, 0.15) is 11.5 Å².